The Morgan fingerprint density at radius 2 is 2.19 bits per heavy atom. The average Bonchev–Trinajstić information content (AvgIpc) is 3.26. The van der Waals surface area contributed by atoms with Gasteiger partial charge in [0.05, 0.1) is 12.7 Å². The molecule has 1 aromatic carbocycles. The van der Waals surface area contributed by atoms with Crippen molar-refractivity contribution in [1.29, 1.82) is 0 Å². The Morgan fingerprint density at radius 1 is 1.43 bits per heavy atom. The van der Waals surface area contributed by atoms with Gasteiger partial charge in [0.15, 0.2) is 0 Å². The molecule has 6 heteroatoms. The zero-order chi connectivity index (χ0) is 15.2. The van der Waals surface area contributed by atoms with Crippen LogP contribution >= 0.6 is 23.2 Å². The van der Waals surface area contributed by atoms with Crippen LogP contribution in [-0.4, -0.2) is 35.4 Å². The smallest absolute Gasteiger partial charge is 0.269 e. The number of hydrogen-bond donors (Lipinski definition) is 1. The molecule has 0 spiro atoms. The van der Waals surface area contributed by atoms with Crippen molar-refractivity contribution in [2.45, 2.75) is 25.4 Å². The van der Waals surface area contributed by atoms with Gasteiger partial charge in [-0.15, -0.1) is 0 Å². The van der Waals surface area contributed by atoms with Crippen LogP contribution in [0.5, 0.6) is 0 Å². The summed E-state index contributed by atoms with van der Waals surface area (Å²) in [4.78, 5) is 11.7. The summed E-state index contributed by atoms with van der Waals surface area (Å²) in [6.45, 7) is 1.15. The van der Waals surface area contributed by atoms with E-state index in [2.05, 4.69) is 0 Å². The van der Waals surface area contributed by atoms with Gasteiger partial charge in [0.2, 0.25) is 0 Å². The fourth-order valence-electron chi connectivity index (χ4n) is 1.86. The molecule has 0 aromatic heterocycles. The maximum atomic E-state index is 11.7. The number of benzene rings is 1. The van der Waals surface area contributed by atoms with E-state index in [9.17, 15) is 10.0 Å². The molecule has 1 fully saturated rings. The molecule has 1 aromatic rings. The predicted octanol–water partition coefficient (Wildman–Crippen LogP) is 3.79. The van der Waals surface area contributed by atoms with Gasteiger partial charge in [0.25, 0.3) is 5.91 Å². The highest BCUT2D eigenvalue weighted by Gasteiger charge is 2.21. The second kappa shape index (κ2) is 7.80. The lowest BCUT2D eigenvalue weighted by Crippen LogP contribution is -2.26. The van der Waals surface area contributed by atoms with Crippen LogP contribution in [0.1, 0.15) is 24.8 Å². The van der Waals surface area contributed by atoms with Gasteiger partial charge < -0.3 is 4.74 Å². The van der Waals surface area contributed by atoms with E-state index < -0.39 is 5.91 Å². The van der Waals surface area contributed by atoms with Crippen LogP contribution in [0.15, 0.2) is 24.3 Å². The Kier molecular flexibility index (Phi) is 6.06. The summed E-state index contributed by atoms with van der Waals surface area (Å²) in [5.74, 6) is -0.469. The number of hydrogen-bond acceptors (Lipinski definition) is 3. The third-order valence-electron chi connectivity index (χ3n) is 3.17. The van der Waals surface area contributed by atoms with Crippen LogP contribution in [0.4, 0.5) is 0 Å². The molecule has 1 amide bonds. The Hall–Kier alpha value is -1.07. The number of hydroxylamine groups is 2. The van der Waals surface area contributed by atoms with Crippen molar-refractivity contribution in [3.8, 4) is 0 Å². The standard InChI is InChI=1S/C15H17Cl2NO3/c16-12-6-4-11(14(17)9-12)5-7-15(19)18(20)8-2-1-3-13-10-21-13/h4-7,9,13,20H,1-3,8,10H2/b7-5+. The molecule has 0 bridgehead atoms. The topological polar surface area (TPSA) is 53.1 Å². The Morgan fingerprint density at radius 3 is 2.86 bits per heavy atom. The lowest BCUT2D eigenvalue weighted by molar-refractivity contribution is -0.159. The lowest BCUT2D eigenvalue weighted by Gasteiger charge is -2.12. The van der Waals surface area contributed by atoms with E-state index in [1.165, 1.54) is 6.08 Å². The molecule has 1 N–H and O–H groups in total. The maximum absolute atomic E-state index is 11.7. The van der Waals surface area contributed by atoms with Gasteiger partial charge in [-0.1, -0.05) is 29.3 Å². The quantitative estimate of drug-likeness (QED) is 0.272. The number of rotatable bonds is 7. The molecule has 4 nitrogen and oxygen atoms in total. The SMILES string of the molecule is O=C(/C=C/c1ccc(Cl)cc1Cl)N(O)CCCCC1CO1. The minimum Gasteiger partial charge on any atom is -0.373 e. The summed E-state index contributed by atoms with van der Waals surface area (Å²) in [5.41, 5.74) is 0.675. The van der Waals surface area contributed by atoms with Crippen LogP contribution in [0, 0.1) is 0 Å². The highest BCUT2D eigenvalue weighted by atomic mass is 35.5. The molecule has 1 saturated heterocycles. The van der Waals surface area contributed by atoms with E-state index in [1.54, 1.807) is 24.3 Å². The molecule has 0 saturated carbocycles. The summed E-state index contributed by atoms with van der Waals surface area (Å²) in [5, 5.41) is 11.3. The molecule has 1 unspecified atom stereocenters. The molecule has 2 rings (SSSR count). The highest BCUT2D eigenvalue weighted by molar-refractivity contribution is 6.35. The van der Waals surface area contributed by atoms with Crippen LogP contribution in [-0.2, 0) is 9.53 Å². The zero-order valence-electron chi connectivity index (χ0n) is 11.5. The number of halogens is 2. The summed E-state index contributed by atoms with van der Waals surface area (Å²) in [6, 6.07) is 5.00. The van der Waals surface area contributed by atoms with E-state index in [-0.39, 0.29) is 0 Å². The Bertz CT molecular complexity index is 530. The second-order valence-electron chi connectivity index (χ2n) is 4.91. The zero-order valence-corrected chi connectivity index (χ0v) is 13.0. The number of unbranched alkanes of at least 4 members (excludes halogenated alkanes) is 1. The number of carbonyl (C=O) groups is 1. The van der Waals surface area contributed by atoms with Crippen molar-refractivity contribution in [2.75, 3.05) is 13.2 Å². The monoisotopic (exact) mass is 329 g/mol. The summed E-state index contributed by atoms with van der Waals surface area (Å²) < 4.78 is 5.09. The van der Waals surface area contributed by atoms with Crippen molar-refractivity contribution in [1.82, 2.24) is 5.06 Å². The largest absolute Gasteiger partial charge is 0.373 e. The number of nitrogens with zero attached hydrogens (tertiary/aromatic N) is 1. The highest BCUT2D eigenvalue weighted by Crippen LogP contribution is 2.22. The van der Waals surface area contributed by atoms with E-state index in [4.69, 9.17) is 27.9 Å². The fourth-order valence-corrected chi connectivity index (χ4v) is 2.33. The molecule has 1 heterocycles. The van der Waals surface area contributed by atoms with Crippen LogP contribution in [0.2, 0.25) is 10.0 Å². The van der Waals surface area contributed by atoms with Gasteiger partial charge in [-0.25, -0.2) is 5.06 Å². The number of carbonyl (C=O) groups excluding carboxylic acids is 1. The minimum absolute atomic E-state index is 0.310. The normalized spacial score (nSPS) is 17.2. The number of ether oxygens (including phenoxy) is 1. The fraction of sp³-hybridized carbons (Fsp3) is 0.400. The summed E-state index contributed by atoms with van der Waals surface area (Å²) in [6.07, 6.45) is 5.90. The van der Waals surface area contributed by atoms with Crippen molar-refractivity contribution in [3.05, 3.63) is 39.9 Å². The number of epoxide rings is 1. The Balaban J connectivity index is 1.77. The van der Waals surface area contributed by atoms with Crippen molar-refractivity contribution in [3.63, 3.8) is 0 Å². The van der Waals surface area contributed by atoms with Gasteiger partial charge in [-0.3, -0.25) is 10.0 Å². The van der Waals surface area contributed by atoms with Gasteiger partial charge in [0, 0.05) is 22.7 Å². The first-order valence-corrected chi connectivity index (χ1v) is 7.57. The van der Waals surface area contributed by atoms with Gasteiger partial charge >= 0.3 is 0 Å². The van der Waals surface area contributed by atoms with E-state index in [0.717, 1.165) is 25.9 Å². The number of amides is 1. The molecular formula is C15H17Cl2NO3. The van der Waals surface area contributed by atoms with E-state index >= 15 is 0 Å². The third kappa shape index (κ3) is 5.67. The molecule has 1 aliphatic heterocycles. The van der Waals surface area contributed by atoms with Gasteiger partial charge in [-0.05, 0) is 43.0 Å². The van der Waals surface area contributed by atoms with E-state index in [0.29, 0.717) is 33.3 Å². The van der Waals surface area contributed by atoms with Crippen LogP contribution in [0.3, 0.4) is 0 Å². The molecule has 21 heavy (non-hydrogen) atoms. The maximum Gasteiger partial charge on any atom is 0.269 e. The molecule has 1 aliphatic rings. The molecular weight excluding hydrogens is 313 g/mol. The second-order valence-corrected chi connectivity index (χ2v) is 5.76. The minimum atomic E-state index is -0.469. The van der Waals surface area contributed by atoms with Crippen molar-refractivity contribution in [2.24, 2.45) is 0 Å². The molecule has 114 valence electrons. The molecule has 0 aliphatic carbocycles. The summed E-state index contributed by atoms with van der Waals surface area (Å²) >= 11 is 11.8. The first-order valence-electron chi connectivity index (χ1n) is 6.81. The van der Waals surface area contributed by atoms with E-state index in [1.807, 2.05) is 0 Å². The first kappa shape index (κ1) is 16.3. The van der Waals surface area contributed by atoms with Gasteiger partial charge in [-0.2, -0.15) is 0 Å². The van der Waals surface area contributed by atoms with Crippen LogP contribution in [0.25, 0.3) is 6.08 Å². The van der Waals surface area contributed by atoms with Crippen molar-refractivity contribution < 1.29 is 14.7 Å². The predicted molar refractivity (Wildman–Crippen MR) is 82.6 cm³/mol. The third-order valence-corrected chi connectivity index (χ3v) is 3.73. The van der Waals surface area contributed by atoms with Gasteiger partial charge in [0.1, 0.15) is 0 Å². The lowest BCUT2D eigenvalue weighted by atomic mass is 10.2. The average molecular weight is 330 g/mol. The van der Waals surface area contributed by atoms with Crippen LogP contribution < -0.4 is 0 Å². The summed E-state index contributed by atoms with van der Waals surface area (Å²) in [7, 11) is 0. The Labute approximate surface area is 133 Å². The van der Waals surface area contributed by atoms with Crippen molar-refractivity contribution >= 4 is 35.2 Å². The molecule has 0 radical (unpaired) electrons. The first-order chi connectivity index (χ1) is 10.1. The molecule has 1 atom stereocenters.